The molecule has 28 heavy (non-hydrogen) atoms. The first-order chi connectivity index (χ1) is 13.7. The average molecular weight is 376 g/mol. The van der Waals surface area contributed by atoms with Crippen molar-refractivity contribution in [3.63, 3.8) is 0 Å². The maximum Gasteiger partial charge on any atom is 0.289 e. The number of aryl methyl sites for hydroxylation is 2. The van der Waals surface area contributed by atoms with Gasteiger partial charge in [0.1, 0.15) is 5.58 Å². The normalized spacial score (nSPS) is 16.4. The van der Waals surface area contributed by atoms with Gasteiger partial charge >= 0.3 is 0 Å². The predicted molar refractivity (Wildman–Crippen MR) is 105 cm³/mol. The molecule has 7 nitrogen and oxygen atoms in total. The molecule has 142 valence electrons. The van der Waals surface area contributed by atoms with Crippen LogP contribution in [0.1, 0.15) is 28.2 Å². The highest BCUT2D eigenvalue weighted by Gasteiger charge is 2.26. The Labute approximate surface area is 161 Å². The van der Waals surface area contributed by atoms with Crippen molar-refractivity contribution < 1.29 is 9.21 Å². The predicted octanol–water partition coefficient (Wildman–Crippen LogP) is 2.03. The summed E-state index contributed by atoms with van der Waals surface area (Å²) < 4.78 is 5.69. The molecule has 2 aliphatic rings. The van der Waals surface area contributed by atoms with E-state index in [-0.39, 0.29) is 17.1 Å². The number of carbonyl (C=O) groups is 1. The van der Waals surface area contributed by atoms with E-state index in [0.29, 0.717) is 37.1 Å². The smallest absolute Gasteiger partial charge is 0.289 e. The number of fused-ring (bicyclic) bond motifs is 2. The van der Waals surface area contributed by atoms with E-state index in [1.54, 1.807) is 29.2 Å². The number of piperazine rings is 1. The first kappa shape index (κ1) is 16.9. The standard InChI is InChI=1S/C21H20N4O3/c26-17-13-19(28-18-7-2-1-5-15(17)18)21(27)25-10-8-24(9-11-25)20-12-14-4-3-6-16(14)22-23-20/h1-2,5,7,12-13H,3-4,6,8-11H2. The summed E-state index contributed by atoms with van der Waals surface area (Å²) >= 11 is 0. The first-order valence-electron chi connectivity index (χ1n) is 9.61. The molecule has 1 saturated heterocycles. The second kappa shape index (κ2) is 6.74. The minimum Gasteiger partial charge on any atom is -0.451 e. The van der Waals surface area contributed by atoms with Crippen molar-refractivity contribution in [3.05, 3.63) is 63.6 Å². The maximum atomic E-state index is 12.8. The van der Waals surface area contributed by atoms with Crippen LogP contribution >= 0.6 is 0 Å². The van der Waals surface area contributed by atoms with Gasteiger partial charge in [-0.15, -0.1) is 5.10 Å². The Kier molecular flexibility index (Phi) is 4.07. The number of para-hydroxylation sites is 1. The van der Waals surface area contributed by atoms with Crippen molar-refractivity contribution in [1.82, 2.24) is 15.1 Å². The van der Waals surface area contributed by atoms with Crippen LogP contribution in [-0.2, 0) is 12.8 Å². The summed E-state index contributed by atoms with van der Waals surface area (Å²) in [7, 11) is 0. The van der Waals surface area contributed by atoms with Crippen LogP contribution in [0.4, 0.5) is 5.82 Å². The average Bonchev–Trinajstić information content (AvgIpc) is 3.21. The van der Waals surface area contributed by atoms with Crippen LogP contribution in [0, 0.1) is 0 Å². The van der Waals surface area contributed by atoms with Crippen LogP contribution in [0.5, 0.6) is 0 Å². The molecule has 7 heteroatoms. The van der Waals surface area contributed by atoms with E-state index < -0.39 is 0 Å². The second-order valence-electron chi connectivity index (χ2n) is 7.28. The fraction of sp³-hybridized carbons (Fsp3) is 0.333. The lowest BCUT2D eigenvalue weighted by Gasteiger charge is -2.35. The number of hydrogen-bond donors (Lipinski definition) is 0. The molecular weight excluding hydrogens is 356 g/mol. The number of hydrogen-bond acceptors (Lipinski definition) is 6. The van der Waals surface area contributed by atoms with Crippen LogP contribution < -0.4 is 10.3 Å². The zero-order chi connectivity index (χ0) is 19.1. The van der Waals surface area contributed by atoms with Gasteiger partial charge in [-0.25, -0.2) is 0 Å². The summed E-state index contributed by atoms with van der Waals surface area (Å²) in [6.45, 7) is 2.45. The highest BCUT2D eigenvalue weighted by molar-refractivity contribution is 5.93. The van der Waals surface area contributed by atoms with Crippen LogP contribution in [0.25, 0.3) is 11.0 Å². The molecule has 0 spiro atoms. The molecule has 3 aromatic rings. The number of amides is 1. The number of carbonyl (C=O) groups excluding carboxylic acids is 1. The Morgan fingerprint density at radius 1 is 1.00 bits per heavy atom. The Morgan fingerprint density at radius 3 is 2.68 bits per heavy atom. The minimum absolute atomic E-state index is 0.0921. The van der Waals surface area contributed by atoms with Gasteiger partial charge in [-0.2, -0.15) is 5.10 Å². The third-order valence-electron chi connectivity index (χ3n) is 5.54. The topological polar surface area (TPSA) is 79.5 Å². The quantitative estimate of drug-likeness (QED) is 0.681. The van der Waals surface area contributed by atoms with E-state index in [0.717, 1.165) is 30.8 Å². The van der Waals surface area contributed by atoms with Crippen LogP contribution in [0.3, 0.4) is 0 Å². The summed E-state index contributed by atoms with van der Waals surface area (Å²) in [5, 5.41) is 9.20. The molecule has 5 rings (SSSR count). The monoisotopic (exact) mass is 376 g/mol. The number of aromatic nitrogens is 2. The van der Waals surface area contributed by atoms with Crippen LogP contribution in [-0.4, -0.2) is 47.2 Å². The number of rotatable bonds is 2. The molecular formula is C21H20N4O3. The Morgan fingerprint density at radius 2 is 1.82 bits per heavy atom. The molecule has 2 aromatic heterocycles. The molecule has 0 atom stereocenters. The van der Waals surface area contributed by atoms with E-state index in [4.69, 9.17) is 4.42 Å². The van der Waals surface area contributed by atoms with E-state index in [9.17, 15) is 9.59 Å². The summed E-state index contributed by atoms with van der Waals surface area (Å²) in [5.74, 6) is 0.724. The third kappa shape index (κ3) is 2.93. The van der Waals surface area contributed by atoms with Gasteiger partial charge < -0.3 is 14.2 Å². The molecule has 1 aliphatic carbocycles. The largest absolute Gasteiger partial charge is 0.451 e. The lowest BCUT2D eigenvalue weighted by atomic mass is 10.2. The molecule has 3 heterocycles. The van der Waals surface area contributed by atoms with Crippen molar-refractivity contribution in [2.75, 3.05) is 31.1 Å². The maximum absolute atomic E-state index is 12.8. The Hall–Kier alpha value is -3.22. The molecule has 0 radical (unpaired) electrons. The van der Waals surface area contributed by atoms with E-state index in [2.05, 4.69) is 21.2 Å². The van der Waals surface area contributed by atoms with E-state index in [1.807, 2.05) is 0 Å². The number of nitrogens with zero attached hydrogens (tertiary/aromatic N) is 4. The molecule has 1 fully saturated rings. The molecule has 0 N–H and O–H groups in total. The molecule has 1 aromatic carbocycles. The molecule has 1 aliphatic heterocycles. The van der Waals surface area contributed by atoms with Gasteiger partial charge in [0.25, 0.3) is 5.91 Å². The molecule has 0 saturated carbocycles. The summed E-state index contributed by atoms with van der Waals surface area (Å²) in [5.41, 5.74) is 2.65. The summed E-state index contributed by atoms with van der Waals surface area (Å²) in [4.78, 5) is 29.0. The molecule has 0 unspecified atom stereocenters. The fourth-order valence-corrected chi connectivity index (χ4v) is 3.98. The fourth-order valence-electron chi connectivity index (χ4n) is 3.98. The van der Waals surface area contributed by atoms with Gasteiger partial charge in [-0.05, 0) is 43.0 Å². The third-order valence-corrected chi connectivity index (χ3v) is 5.54. The zero-order valence-corrected chi connectivity index (χ0v) is 15.4. The van der Waals surface area contributed by atoms with Gasteiger partial charge in [0.2, 0.25) is 0 Å². The minimum atomic E-state index is -0.248. The van der Waals surface area contributed by atoms with Crippen molar-refractivity contribution >= 4 is 22.7 Å². The first-order valence-corrected chi connectivity index (χ1v) is 9.61. The Balaban J connectivity index is 1.31. The lowest BCUT2D eigenvalue weighted by Crippen LogP contribution is -2.49. The Bertz CT molecular complexity index is 1120. The number of anilines is 1. The second-order valence-corrected chi connectivity index (χ2v) is 7.28. The SMILES string of the molecule is O=C(c1cc(=O)c2ccccc2o1)N1CCN(c2cc3c(nn2)CCC3)CC1. The summed E-state index contributed by atoms with van der Waals surface area (Å²) in [6.07, 6.45) is 3.23. The van der Waals surface area contributed by atoms with Gasteiger partial charge in [0.05, 0.1) is 11.1 Å². The van der Waals surface area contributed by atoms with Crippen molar-refractivity contribution in [2.45, 2.75) is 19.3 Å². The van der Waals surface area contributed by atoms with Crippen molar-refractivity contribution in [1.29, 1.82) is 0 Å². The van der Waals surface area contributed by atoms with E-state index in [1.165, 1.54) is 11.6 Å². The van der Waals surface area contributed by atoms with Crippen LogP contribution in [0.15, 0.2) is 45.6 Å². The zero-order valence-electron chi connectivity index (χ0n) is 15.4. The van der Waals surface area contributed by atoms with Gasteiger partial charge in [0.15, 0.2) is 17.0 Å². The van der Waals surface area contributed by atoms with Crippen molar-refractivity contribution in [2.24, 2.45) is 0 Å². The van der Waals surface area contributed by atoms with Gasteiger partial charge in [-0.1, -0.05) is 12.1 Å². The van der Waals surface area contributed by atoms with Gasteiger partial charge in [-0.3, -0.25) is 9.59 Å². The summed E-state index contributed by atoms with van der Waals surface area (Å²) in [6, 6.07) is 10.4. The highest BCUT2D eigenvalue weighted by Crippen LogP contribution is 2.23. The molecule has 0 bridgehead atoms. The highest BCUT2D eigenvalue weighted by atomic mass is 16.3. The van der Waals surface area contributed by atoms with E-state index >= 15 is 0 Å². The van der Waals surface area contributed by atoms with Gasteiger partial charge in [0, 0.05) is 32.2 Å². The van der Waals surface area contributed by atoms with Crippen LogP contribution in [0.2, 0.25) is 0 Å². The van der Waals surface area contributed by atoms with Crippen molar-refractivity contribution in [3.8, 4) is 0 Å². The number of benzene rings is 1. The lowest BCUT2D eigenvalue weighted by molar-refractivity contribution is 0.0715. The molecule has 1 amide bonds.